The van der Waals surface area contributed by atoms with Crippen LogP contribution in [0.3, 0.4) is 0 Å². The van der Waals surface area contributed by atoms with E-state index in [9.17, 15) is 0 Å². The van der Waals surface area contributed by atoms with Gasteiger partial charge in [0.15, 0.2) is 0 Å². The molecule has 11 heavy (non-hydrogen) atoms. The highest BCUT2D eigenvalue weighted by Crippen LogP contribution is 1.97. The van der Waals surface area contributed by atoms with Gasteiger partial charge in [0, 0.05) is 13.0 Å². The largest absolute Gasteiger partial charge is 0.288 e. The molecule has 0 saturated carbocycles. The molecule has 0 radical (unpaired) electrons. The molecule has 0 fully saturated rings. The fourth-order valence-corrected chi connectivity index (χ4v) is 0.901. The van der Waals surface area contributed by atoms with Crippen molar-refractivity contribution in [3.63, 3.8) is 0 Å². The topological polar surface area (TPSA) is 50.8 Å². The second-order valence-electron chi connectivity index (χ2n) is 2.34. The number of nitriles is 2. The van der Waals surface area contributed by atoms with Crippen LogP contribution in [0.1, 0.15) is 20.3 Å². The van der Waals surface area contributed by atoms with Crippen LogP contribution in [0.2, 0.25) is 0 Å². The normalized spacial score (nSPS) is 12.1. The van der Waals surface area contributed by atoms with Crippen LogP contribution in [0.25, 0.3) is 0 Å². The van der Waals surface area contributed by atoms with Gasteiger partial charge in [0.2, 0.25) is 0 Å². The van der Waals surface area contributed by atoms with Gasteiger partial charge in [0.05, 0.1) is 18.2 Å². The highest BCUT2D eigenvalue weighted by atomic mass is 15.1. The maximum absolute atomic E-state index is 8.56. The van der Waals surface area contributed by atoms with Gasteiger partial charge in [-0.2, -0.15) is 10.5 Å². The van der Waals surface area contributed by atoms with Crippen molar-refractivity contribution in [2.45, 2.75) is 26.3 Å². The number of hydrogen-bond acceptors (Lipinski definition) is 3. The maximum atomic E-state index is 8.56. The SMILES string of the molecule is CCN(CCC#N)C(C)C#N. The van der Waals surface area contributed by atoms with Crippen LogP contribution in [-0.2, 0) is 0 Å². The molecular weight excluding hydrogens is 138 g/mol. The predicted molar refractivity (Wildman–Crippen MR) is 42.6 cm³/mol. The molecule has 0 rings (SSSR count). The molecule has 1 unspecified atom stereocenters. The van der Waals surface area contributed by atoms with E-state index < -0.39 is 0 Å². The highest BCUT2D eigenvalue weighted by molar-refractivity contribution is 4.88. The molecule has 0 aromatic carbocycles. The number of hydrogen-bond donors (Lipinski definition) is 0. The Labute approximate surface area is 67.8 Å². The third-order valence-corrected chi connectivity index (χ3v) is 1.65. The van der Waals surface area contributed by atoms with Gasteiger partial charge in [-0.3, -0.25) is 4.90 Å². The van der Waals surface area contributed by atoms with E-state index in [0.717, 1.165) is 6.54 Å². The van der Waals surface area contributed by atoms with E-state index in [2.05, 4.69) is 12.1 Å². The highest BCUT2D eigenvalue weighted by Gasteiger charge is 2.08. The van der Waals surface area contributed by atoms with Crippen LogP contribution in [0.15, 0.2) is 0 Å². The molecule has 0 aromatic heterocycles. The molecule has 0 N–H and O–H groups in total. The molecule has 0 aliphatic carbocycles. The van der Waals surface area contributed by atoms with Gasteiger partial charge in [-0.25, -0.2) is 0 Å². The number of rotatable bonds is 4. The van der Waals surface area contributed by atoms with Gasteiger partial charge in [-0.1, -0.05) is 6.92 Å². The standard InChI is InChI=1S/C8H13N3/c1-3-11(6-4-5-9)8(2)7-10/h8H,3-4,6H2,1-2H3. The molecule has 60 valence electrons. The van der Waals surface area contributed by atoms with E-state index in [-0.39, 0.29) is 6.04 Å². The Morgan fingerprint density at radius 2 is 2.09 bits per heavy atom. The fourth-order valence-electron chi connectivity index (χ4n) is 0.901. The van der Waals surface area contributed by atoms with E-state index in [1.165, 1.54) is 0 Å². The maximum Gasteiger partial charge on any atom is 0.0949 e. The van der Waals surface area contributed by atoms with Crippen molar-refractivity contribution in [2.75, 3.05) is 13.1 Å². The summed E-state index contributed by atoms with van der Waals surface area (Å²) in [7, 11) is 0. The summed E-state index contributed by atoms with van der Waals surface area (Å²) in [6.45, 7) is 5.37. The van der Waals surface area contributed by atoms with Crippen LogP contribution < -0.4 is 0 Å². The molecule has 0 amide bonds. The lowest BCUT2D eigenvalue weighted by Crippen LogP contribution is -2.32. The van der Waals surface area contributed by atoms with Crippen molar-refractivity contribution in [3.8, 4) is 12.1 Å². The summed E-state index contributed by atoms with van der Waals surface area (Å²) < 4.78 is 0. The van der Waals surface area contributed by atoms with Gasteiger partial charge >= 0.3 is 0 Å². The molecule has 3 heteroatoms. The lowest BCUT2D eigenvalue weighted by atomic mass is 10.3. The molecule has 0 aromatic rings. The summed E-state index contributed by atoms with van der Waals surface area (Å²) in [6, 6.07) is 4.13. The van der Waals surface area contributed by atoms with E-state index >= 15 is 0 Å². The fraction of sp³-hybridized carbons (Fsp3) is 0.750. The first-order valence-corrected chi connectivity index (χ1v) is 3.76. The van der Waals surface area contributed by atoms with E-state index in [1.807, 2.05) is 18.7 Å². The molecule has 0 spiro atoms. The molecule has 0 bridgehead atoms. The minimum absolute atomic E-state index is 0.0756. The van der Waals surface area contributed by atoms with Crippen molar-refractivity contribution in [3.05, 3.63) is 0 Å². The van der Waals surface area contributed by atoms with Crippen LogP contribution >= 0.6 is 0 Å². The van der Waals surface area contributed by atoms with Gasteiger partial charge in [-0.05, 0) is 13.5 Å². The zero-order valence-electron chi connectivity index (χ0n) is 7.04. The molecule has 0 aliphatic rings. The van der Waals surface area contributed by atoms with Gasteiger partial charge in [-0.15, -0.1) is 0 Å². The average Bonchev–Trinajstić information content (AvgIpc) is 2.05. The molecule has 3 nitrogen and oxygen atoms in total. The summed E-state index contributed by atoms with van der Waals surface area (Å²) in [5.74, 6) is 0. The monoisotopic (exact) mass is 151 g/mol. The number of nitrogens with zero attached hydrogens (tertiary/aromatic N) is 3. The lowest BCUT2D eigenvalue weighted by molar-refractivity contribution is 0.265. The smallest absolute Gasteiger partial charge is 0.0949 e. The molecule has 0 heterocycles. The van der Waals surface area contributed by atoms with Crippen molar-refractivity contribution >= 4 is 0 Å². The second kappa shape index (κ2) is 5.70. The Hall–Kier alpha value is -1.06. The minimum atomic E-state index is -0.0756. The van der Waals surface area contributed by atoms with Crippen LogP contribution in [0.5, 0.6) is 0 Å². The average molecular weight is 151 g/mol. The summed E-state index contributed by atoms with van der Waals surface area (Å²) in [5, 5.41) is 16.9. The second-order valence-corrected chi connectivity index (χ2v) is 2.34. The summed E-state index contributed by atoms with van der Waals surface area (Å²) in [6.07, 6.45) is 0.500. The first kappa shape index (κ1) is 9.94. The Balaban J connectivity index is 3.79. The molecular formula is C8H13N3. The predicted octanol–water partition coefficient (Wildman–Crippen LogP) is 1.13. The molecule has 0 saturated heterocycles. The summed E-state index contributed by atoms with van der Waals surface area (Å²) >= 11 is 0. The van der Waals surface area contributed by atoms with Crippen molar-refractivity contribution in [2.24, 2.45) is 0 Å². The quantitative estimate of drug-likeness (QED) is 0.605. The van der Waals surface area contributed by atoms with E-state index in [4.69, 9.17) is 10.5 Å². The zero-order valence-corrected chi connectivity index (χ0v) is 7.04. The van der Waals surface area contributed by atoms with Gasteiger partial charge in [0.25, 0.3) is 0 Å². The molecule has 1 atom stereocenters. The third kappa shape index (κ3) is 3.60. The summed E-state index contributed by atoms with van der Waals surface area (Å²) in [4.78, 5) is 1.98. The Kier molecular flexibility index (Phi) is 5.15. The lowest BCUT2D eigenvalue weighted by Gasteiger charge is -2.20. The molecule has 0 aliphatic heterocycles. The Bertz CT molecular complexity index is 175. The minimum Gasteiger partial charge on any atom is -0.288 e. The van der Waals surface area contributed by atoms with Crippen molar-refractivity contribution in [1.29, 1.82) is 10.5 Å². The first-order valence-electron chi connectivity index (χ1n) is 3.76. The Morgan fingerprint density at radius 3 is 2.45 bits per heavy atom. The van der Waals surface area contributed by atoms with Crippen molar-refractivity contribution < 1.29 is 0 Å². The van der Waals surface area contributed by atoms with Crippen LogP contribution in [0.4, 0.5) is 0 Å². The van der Waals surface area contributed by atoms with E-state index in [0.29, 0.717) is 13.0 Å². The summed E-state index contributed by atoms with van der Waals surface area (Å²) in [5.41, 5.74) is 0. The third-order valence-electron chi connectivity index (χ3n) is 1.65. The van der Waals surface area contributed by atoms with Crippen molar-refractivity contribution in [1.82, 2.24) is 4.90 Å². The van der Waals surface area contributed by atoms with Gasteiger partial charge < -0.3 is 0 Å². The van der Waals surface area contributed by atoms with E-state index in [1.54, 1.807) is 0 Å². The Morgan fingerprint density at radius 1 is 1.45 bits per heavy atom. The van der Waals surface area contributed by atoms with Crippen LogP contribution in [0, 0.1) is 22.7 Å². The zero-order chi connectivity index (χ0) is 8.69. The van der Waals surface area contributed by atoms with Gasteiger partial charge in [0.1, 0.15) is 0 Å². The van der Waals surface area contributed by atoms with Crippen LogP contribution in [-0.4, -0.2) is 24.0 Å². The first-order chi connectivity index (χ1) is 5.26.